The van der Waals surface area contributed by atoms with E-state index < -0.39 is 0 Å². The molecule has 0 N–H and O–H groups in total. The van der Waals surface area contributed by atoms with Crippen molar-refractivity contribution in [2.45, 2.75) is 20.3 Å². The second-order valence-corrected chi connectivity index (χ2v) is 3.55. The van der Waals surface area contributed by atoms with E-state index in [1.807, 2.05) is 18.7 Å². The van der Waals surface area contributed by atoms with E-state index in [0.29, 0.717) is 25.5 Å². The van der Waals surface area contributed by atoms with E-state index in [0.717, 1.165) is 12.4 Å². The largest absolute Gasteiger partial charge is 0.478 e. The first-order valence-electron chi connectivity index (χ1n) is 5.97. The molecule has 0 aliphatic heterocycles. The second kappa shape index (κ2) is 7.47. The number of ether oxygens (including phenoxy) is 2. The molecule has 1 aromatic heterocycles. The van der Waals surface area contributed by atoms with Gasteiger partial charge in [0.15, 0.2) is 0 Å². The van der Waals surface area contributed by atoms with Crippen LogP contribution in [-0.2, 0) is 9.53 Å². The first-order chi connectivity index (χ1) is 8.71. The summed E-state index contributed by atoms with van der Waals surface area (Å²) in [5.41, 5.74) is 0. The lowest BCUT2D eigenvalue weighted by molar-refractivity contribution is -0.140. The summed E-state index contributed by atoms with van der Waals surface area (Å²) in [6, 6.07) is 1.77. The molecule has 0 aromatic carbocycles. The lowest BCUT2D eigenvalue weighted by Crippen LogP contribution is -2.27. The van der Waals surface area contributed by atoms with Crippen molar-refractivity contribution in [1.82, 2.24) is 9.97 Å². The molecule has 6 heteroatoms. The molecular formula is C12H19N3O3. The van der Waals surface area contributed by atoms with E-state index in [4.69, 9.17) is 4.74 Å². The van der Waals surface area contributed by atoms with E-state index in [9.17, 15) is 4.79 Å². The van der Waals surface area contributed by atoms with Gasteiger partial charge in [0.05, 0.1) is 20.1 Å². The molecule has 1 heterocycles. The normalized spacial score (nSPS) is 9.94. The van der Waals surface area contributed by atoms with Crippen LogP contribution in [0, 0.1) is 0 Å². The SMILES string of the molecule is CCOc1cc(N(CC)CCC(=O)OC)ncn1. The molecule has 0 amide bonds. The number of anilines is 1. The zero-order valence-corrected chi connectivity index (χ0v) is 11.0. The molecule has 0 aliphatic rings. The quantitative estimate of drug-likeness (QED) is 0.682. The lowest BCUT2D eigenvalue weighted by Gasteiger charge is -2.21. The molecule has 0 unspecified atom stereocenters. The van der Waals surface area contributed by atoms with Gasteiger partial charge in [-0.2, -0.15) is 0 Å². The number of methoxy groups -OCH3 is 1. The Labute approximate surface area is 107 Å². The van der Waals surface area contributed by atoms with E-state index in [2.05, 4.69) is 14.7 Å². The first-order valence-corrected chi connectivity index (χ1v) is 5.97. The maximum Gasteiger partial charge on any atom is 0.307 e. The monoisotopic (exact) mass is 253 g/mol. The predicted octanol–water partition coefficient (Wildman–Crippen LogP) is 1.26. The number of hydrogen-bond acceptors (Lipinski definition) is 6. The van der Waals surface area contributed by atoms with E-state index in [1.165, 1.54) is 13.4 Å². The Hall–Kier alpha value is -1.85. The molecule has 18 heavy (non-hydrogen) atoms. The van der Waals surface area contributed by atoms with Crippen molar-refractivity contribution in [3.63, 3.8) is 0 Å². The summed E-state index contributed by atoms with van der Waals surface area (Å²) in [4.78, 5) is 21.3. The standard InChI is InChI=1S/C12H19N3O3/c1-4-15(7-6-12(16)17-3)10-8-11(18-5-2)14-9-13-10/h8-9H,4-7H2,1-3H3. The highest BCUT2D eigenvalue weighted by Gasteiger charge is 2.10. The molecule has 0 fully saturated rings. The third-order valence-electron chi connectivity index (χ3n) is 2.44. The Morgan fingerprint density at radius 1 is 1.39 bits per heavy atom. The highest BCUT2D eigenvalue weighted by molar-refractivity contribution is 5.69. The number of carbonyl (C=O) groups is 1. The van der Waals surface area contributed by atoms with Crippen molar-refractivity contribution in [3.05, 3.63) is 12.4 Å². The van der Waals surface area contributed by atoms with Gasteiger partial charge in [0.1, 0.15) is 12.1 Å². The summed E-state index contributed by atoms with van der Waals surface area (Å²) in [5, 5.41) is 0. The van der Waals surface area contributed by atoms with E-state index >= 15 is 0 Å². The Morgan fingerprint density at radius 2 is 2.17 bits per heavy atom. The molecule has 0 spiro atoms. The van der Waals surface area contributed by atoms with Crippen LogP contribution < -0.4 is 9.64 Å². The highest BCUT2D eigenvalue weighted by atomic mass is 16.5. The van der Waals surface area contributed by atoms with Crippen LogP contribution in [0.2, 0.25) is 0 Å². The maximum absolute atomic E-state index is 11.1. The van der Waals surface area contributed by atoms with Crippen molar-refractivity contribution >= 4 is 11.8 Å². The smallest absolute Gasteiger partial charge is 0.307 e. The predicted molar refractivity (Wildman–Crippen MR) is 67.7 cm³/mol. The van der Waals surface area contributed by atoms with Gasteiger partial charge in [-0.25, -0.2) is 9.97 Å². The van der Waals surface area contributed by atoms with E-state index in [-0.39, 0.29) is 5.97 Å². The number of carbonyl (C=O) groups excluding carboxylic acids is 1. The minimum atomic E-state index is -0.229. The number of nitrogens with zero attached hydrogens (tertiary/aromatic N) is 3. The molecule has 0 saturated heterocycles. The minimum Gasteiger partial charge on any atom is -0.478 e. The van der Waals surface area contributed by atoms with Crippen LogP contribution in [0.25, 0.3) is 0 Å². The fourth-order valence-electron chi connectivity index (χ4n) is 1.49. The summed E-state index contributed by atoms with van der Waals surface area (Å²) in [7, 11) is 1.39. The summed E-state index contributed by atoms with van der Waals surface area (Å²) >= 11 is 0. The van der Waals surface area contributed by atoms with Crippen molar-refractivity contribution in [2.75, 3.05) is 31.7 Å². The number of rotatable bonds is 7. The fraction of sp³-hybridized carbons (Fsp3) is 0.583. The second-order valence-electron chi connectivity index (χ2n) is 3.55. The lowest BCUT2D eigenvalue weighted by atomic mass is 10.3. The Morgan fingerprint density at radius 3 is 2.78 bits per heavy atom. The van der Waals surface area contributed by atoms with E-state index in [1.54, 1.807) is 6.07 Å². The van der Waals surface area contributed by atoms with Gasteiger partial charge in [-0.1, -0.05) is 0 Å². The molecule has 0 bridgehead atoms. The van der Waals surface area contributed by atoms with Crippen LogP contribution in [0.15, 0.2) is 12.4 Å². The molecule has 1 aromatic rings. The maximum atomic E-state index is 11.1. The van der Waals surface area contributed by atoms with Gasteiger partial charge in [-0.05, 0) is 13.8 Å². The zero-order chi connectivity index (χ0) is 13.4. The average molecular weight is 253 g/mol. The number of esters is 1. The summed E-state index contributed by atoms with van der Waals surface area (Å²) in [6.45, 7) is 5.77. The summed E-state index contributed by atoms with van der Waals surface area (Å²) in [5.74, 6) is 1.06. The number of hydrogen-bond donors (Lipinski definition) is 0. The summed E-state index contributed by atoms with van der Waals surface area (Å²) < 4.78 is 9.94. The van der Waals surface area contributed by atoms with Gasteiger partial charge < -0.3 is 14.4 Å². The third kappa shape index (κ3) is 4.20. The van der Waals surface area contributed by atoms with Crippen LogP contribution in [-0.4, -0.2) is 42.7 Å². The molecule has 0 aliphatic carbocycles. The molecule has 100 valence electrons. The molecule has 0 saturated carbocycles. The van der Waals surface area contributed by atoms with Gasteiger partial charge in [0, 0.05) is 19.2 Å². The van der Waals surface area contributed by atoms with Gasteiger partial charge >= 0.3 is 5.97 Å². The van der Waals surface area contributed by atoms with Crippen molar-refractivity contribution < 1.29 is 14.3 Å². The fourth-order valence-corrected chi connectivity index (χ4v) is 1.49. The molecule has 6 nitrogen and oxygen atoms in total. The first kappa shape index (κ1) is 14.2. The number of aromatic nitrogens is 2. The van der Waals surface area contributed by atoms with Crippen molar-refractivity contribution in [2.24, 2.45) is 0 Å². The van der Waals surface area contributed by atoms with Crippen LogP contribution in [0.1, 0.15) is 20.3 Å². The Balaban J connectivity index is 2.68. The zero-order valence-electron chi connectivity index (χ0n) is 11.0. The van der Waals surface area contributed by atoms with Crippen molar-refractivity contribution in [1.29, 1.82) is 0 Å². The molecule has 1 rings (SSSR count). The molecule has 0 atom stereocenters. The minimum absolute atomic E-state index is 0.229. The van der Waals surface area contributed by atoms with Gasteiger partial charge in [0.25, 0.3) is 0 Å². The molecule has 0 radical (unpaired) electrons. The van der Waals surface area contributed by atoms with Crippen LogP contribution in [0.3, 0.4) is 0 Å². The summed E-state index contributed by atoms with van der Waals surface area (Å²) in [6.07, 6.45) is 1.79. The van der Waals surface area contributed by atoms with Gasteiger partial charge in [-0.3, -0.25) is 4.79 Å². The third-order valence-corrected chi connectivity index (χ3v) is 2.44. The molecular weight excluding hydrogens is 234 g/mol. The average Bonchev–Trinajstić information content (AvgIpc) is 2.40. The highest BCUT2D eigenvalue weighted by Crippen LogP contribution is 2.15. The van der Waals surface area contributed by atoms with Crippen molar-refractivity contribution in [3.8, 4) is 5.88 Å². The Bertz CT molecular complexity index is 385. The van der Waals surface area contributed by atoms with Gasteiger partial charge in [-0.15, -0.1) is 0 Å². The van der Waals surface area contributed by atoms with Crippen LogP contribution in [0.4, 0.5) is 5.82 Å². The van der Waals surface area contributed by atoms with Crippen LogP contribution >= 0.6 is 0 Å². The topological polar surface area (TPSA) is 64.5 Å². The van der Waals surface area contributed by atoms with Gasteiger partial charge in [0.2, 0.25) is 5.88 Å². The van der Waals surface area contributed by atoms with Crippen LogP contribution in [0.5, 0.6) is 5.88 Å². The Kier molecular flexibility index (Phi) is 5.90.